The number of likely N-dealkylation sites (tertiary alicyclic amines) is 1. The van der Waals surface area contributed by atoms with E-state index in [1.807, 2.05) is 26.0 Å². The number of benzene rings is 1. The number of hydrogen-bond acceptors (Lipinski definition) is 3. The highest BCUT2D eigenvalue weighted by molar-refractivity contribution is 5.84. The fourth-order valence-corrected chi connectivity index (χ4v) is 2.75. The fourth-order valence-electron chi connectivity index (χ4n) is 2.75. The molecule has 0 bridgehead atoms. The topological polar surface area (TPSA) is 46.6 Å². The van der Waals surface area contributed by atoms with Crippen LogP contribution in [0.5, 0.6) is 5.75 Å². The van der Waals surface area contributed by atoms with E-state index >= 15 is 0 Å². The summed E-state index contributed by atoms with van der Waals surface area (Å²) in [5, 5.41) is 0. The van der Waals surface area contributed by atoms with E-state index in [1.165, 1.54) is 0 Å². The van der Waals surface area contributed by atoms with Crippen LogP contribution in [0.1, 0.15) is 29.5 Å². The maximum atomic E-state index is 12.3. The molecule has 1 aliphatic rings. The van der Waals surface area contributed by atoms with E-state index in [0.29, 0.717) is 32.4 Å². The highest BCUT2D eigenvalue weighted by atomic mass is 16.5. The third-order valence-electron chi connectivity index (χ3n) is 3.72. The first-order valence-corrected chi connectivity index (χ1v) is 6.95. The number of Topliss-reactive ketones (excluding diaryl/α,β-unsaturated/α-hetero) is 1. The molecule has 0 spiro atoms. The fraction of sp³-hybridized carbons (Fsp3) is 0.500. The number of rotatable bonds is 3. The van der Waals surface area contributed by atoms with E-state index in [9.17, 15) is 9.59 Å². The van der Waals surface area contributed by atoms with Crippen LogP contribution in [0, 0.1) is 13.8 Å². The molecule has 1 aliphatic heterocycles. The largest absolute Gasteiger partial charge is 0.496 e. The first-order valence-electron chi connectivity index (χ1n) is 6.95. The van der Waals surface area contributed by atoms with Crippen molar-refractivity contribution in [2.24, 2.45) is 0 Å². The van der Waals surface area contributed by atoms with Crippen LogP contribution < -0.4 is 4.74 Å². The van der Waals surface area contributed by atoms with Gasteiger partial charge < -0.3 is 9.64 Å². The van der Waals surface area contributed by atoms with Gasteiger partial charge in [-0.25, -0.2) is 0 Å². The van der Waals surface area contributed by atoms with Gasteiger partial charge in [0.25, 0.3) is 0 Å². The zero-order chi connectivity index (χ0) is 14.7. The number of ketones is 1. The predicted octanol–water partition coefficient (Wildman–Crippen LogP) is 2.05. The Labute approximate surface area is 119 Å². The van der Waals surface area contributed by atoms with E-state index < -0.39 is 0 Å². The third-order valence-corrected chi connectivity index (χ3v) is 3.72. The quantitative estimate of drug-likeness (QED) is 0.848. The summed E-state index contributed by atoms with van der Waals surface area (Å²) in [5.41, 5.74) is 3.09. The molecule has 0 unspecified atom stereocenters. The molecule has 1 heterocycles. The average Bonchev–Trinajstić information content (AvgIpc) is 2.39. The maximum absolute atomic E-state index is 12.3. The summed E-state index contributed by atoms with van der Waals surface area (Å²) >= 11 is 0. The predicted molar refractivity (Wildman–Crippen MR) is 77.0 cm³/mol. The van der Waals surface area contributed by atoms with E-state index in [1.54, 1.807) is 12.0 Å². The van der Waals surface area contributed by atoms with Gasteiger partial charge in [0.2, 0.25) is 5.91 Å². The number of carbonyl (C=O) groups excluding carboxylic acids is 2. The van der Waals surface area contributed by atoms with Gasteiger partial charge in [-0.15, -0.1) is 0 Å². The SMILES string of the molecule is COc1c(C)cc(C)cc1CC(=O)N1CCC(=O)CC1. The number of nitrogens with zero attached hydrogens (tertiary/aromatic N) is 1. The van der Waals surface area contributed by atoms with Crippen molar-refractivity contribution in [2.45, 2.75) is 33.1 Å². The minimum absolute atomic E-state index is 0.0702. The smallest absolute Gasteiger partial charge is 0.227 e. The summed E-state index contributed by atoms with van der Waals surface area (Å²) in [6.07, 6.45) is 1.30. The molecule has 0 N–H and O–H groups in total. The second-order valence-electron chi connectivity index (χ2n) is 5.37. The molecule has 1 fully saturated rings. The molecule has 108 valence electrons. The molecule has 0 aromatic heterocycles. The molecule has 1 aromatic carbocycles. The number of hydrogen-bond donors (Lipinski definition) is 0. The van der Waals surface area contributed by atoms with Gasteiger partial charge in [0.15, 0.2) is 0 Å². The Hall–Kier alpha value is -1.84. The van der Waals surface area contributed by atoms with Crippen molar-refractivity contribution in [3.8, 4) is 5.75 Å². The van der Waals surface area contributed by atoms with Crippen LogP contribution in [0.25, 0.3) is 0 Å². The zero-order valence-electron chi connectivity index (χ0n) is 12.4. The van der Waals surface area contributed by atoms with Crippen molar-refractivity contribution in [3.63, 3.8) is 0 Å². The lowest BCUT2D eigenvalue weighted by atomic mass is 10.0. The van der Waals surface area contributed by atoms with Crippen LogP contribution in [-0.4, -0.2) is 36.8 Å². The van der Waals surface area contributed by atoms with Crippen molar-refractivity contribution < 1.29 is 14.3 Å². The molecule has 4 nitrogen and oxygen atoms in total. The maximum Gasteiger partial charge on any atom is 0.227 e. The molecule has 0 saturated carbocycles. The van der Waals surface area contributed by atoms with Crippen molar-refractivity contribution in [1.82, 2.24) is 4.90 Å². The number of piperidine rings is 1. The normalized spacial score (nSPS) is 15.3. The van der Waals surface area contributed by atoms with Gasteiger partial charge >= 0.3 is 0 Å². The summed E-state index contributed by atoms with van der Waals surface area (Å²) in [7, 11) is 1.63. The number of ether oxygens (including phenoxy) is 1. The Kier molecular flexibility index (Phi) is 4.42. The molecule has 0 atom stereocenters. The van der Waals surface area contributed by atoms with Gasteiger partial charge in [-0.3, -0.25) is 9.59 Å². The van der Waals surface area contributed by atoms with E-state index in [-0.39, 0.29) is 11.7 Å². The molecule has 1 aromatic rings. The number of amides is 1. The Morgan fingerprint density at radius 2 is 1.90 bits per heavy atom. The molecule has 20 heavy (non-hydrogen) atoms. The summed E-state index contributed by atoms with van der Waals surface area (Å²) in [6, 6.07) is 4.05. The van der Waals surface area contributed by atoms with Crippen LogP contribution in [0.4, 0.5) is 0 Å². The van der Waals surface area contributed by atoms with Gasteiger partial charge in [-0.2, -0.15) is 0 Å². The molecule has 4 heteroatoms. The van der Waals surface area contributed by atoms with Gasteiger partial charge in [0.1, 0.15) is 11.5 Å². The Morgan fingerprint density at radius 3 is 2.50 bits per heavy atom. The molecular formula is C16H21NO3. The Bertz CT molecular complexity index is 527. The molecule has 1 amide bonds. The Morgan fingerprint density at radius 1 is 1.25 bits per heavy atom. The van der Waals surface area contributed by atoms with E-state index in [2.05, 4.69) is 0 Å². The number of aryl methyl sites for hydroxylation is 2. The minimum Gasteiger partial charge on any atom is -0.496 e. The van der Waals surface area contributed by atoms with Crippen LogP contribution in [0.3, 0.4) is 0 Å². The number of methoxy groups -OCH3 is 1. The van der Waals surface area contributed by atoms with Crippen molar-refractivity contribution in [2.75, 3.05) is 20.2 Å². The summed E-state index contributed by atoms with van der Waals surface area (Å²) in [6.45, 7) is 5.09. The van der Waals surface area contributed by atoms with Crippen LogP contribution in [-0.2, 0) is 16.0 Å². The zero-order valence-corrected chi connectivity index (χ0v) is 12.4. The van der Waals surface area contributed by atoms with Gasteiger partial charge in [0.05, 0.1) is 13.5 Å². The van der Waals surface area contributed by atoms with E-state index in [4.69, 9.17) is 4.74 Å². The summed E-state index contributed by atoms with van der Waals surface area (Å²) in [5.74, 6) is 1.11. The van der Waals surface area contributed by atoms with Crippen LogP contribution in [0.2, 0.25) is 0 Å². The van der Waals surface area contributed by atoms with Gasteiger partial charge in [-0.05, 0) is 19.4 Å². The number of carbonyl (C=O) groups is 2. The Balaban J connectivity index is 2.13. The average molecular weight is 275 g/mol. The molecule has 1 saturated heterocycles. The van der Waals surface area contributed by atoms with Crippen molar-refractivity contribution >= 4 is 11.7 Å². The van der Waals surface area contributed by atoms with Gasteiger partial charge in [-0.1, -0.05) is 17.7 Å². The second-order valence-corrected chi connectivity index (χ2v) is 5.37. The molecular weight excluding hydrogens is 254 g/mol. The van der Waals surface area contributed by atoms with Crippen molar-refractivity contribution in [3.05, 3.63) is 28.8 Å². The highest BCUT2D eigenvalue weighted by Gasteiger charge is 2.22. The first kappa shape index (κ1) is 14.6. The molecule has 0 radical (unpaired) electrons. The third kappa shape index (κ3) is 3.18. The van der Waals surface area contributed by atoms with Crippen molar-refractivity contribution in [1.29, 1.82) is 0 Å². The lowest BCUT2D eigenvalue weighted by molar-refractivity contribution is -0.133. The molecule has 2 rings (SSSR count). The summed E-state index contributed by atoms with van der Waals surface area (Å²) < 4.78 is 5.41. The lowest BCUT2D eigenvalue weighted by Gasteiger charge is -2.26. The standard InChI is InChI=1S/C16H21NO3/c1-11-8-12(2)16(20-3)13(9-11)10-15(19)17-6-4-14(18)5-7-17/h8-9H,4-7,10H2,1-3H3. The summed E-state index contributed by atoms with van der Waals surface area (Å²) in [4.78, 5) is 25.3. The second kappa shape index (κ2) is 6.07. The molecule has 0 aliphatic carbocycles. The first-order chi connectivity index (χ1) is 9.51. The van der Waals surface area contributed by atoms with E-state index in [0.717, 1.165) is 22.4 Å². The van der Waals surface area contributed by atoms with Crippen LogP contribution >= 0.6 is 0 Å². The highest BCUT2D eigenvalue weighted by Crippen LogP contribution is 2.26. The van der Waals surface area contributed by atoms with Gasteiger partial charge in [0, 0.05) is 31.5 Å². The van der Waals surface area contributed by atoms with Crippen LogP contribution in [0.15, 0.2) is 12.1 Å². The minimum atomic E-state index is 0.0702. The monoisotopic (exact) mass is 275 g/mol. The lowest BCUT2D eigenvalue weighted by Crippen LogP contribution is -2.39.